The standard InChI is InChI=1S/C22H44O2/c1-3-5-7-9-10-14-18-21(17-13-8-6-4-2)19-15-11-12-16-20-22(23)24/h21H,3-20H2,1-2H3,(H,23,24). The molecule has 0 aliphatic heterocycles. The van der Waals surface area contributed by atoms with Crippen molar-refractivity contribution in [1.82, 2.24) is 0 Å². The predicted molar refractivity (Wildman–Crippen MR) is 106 cm³/mol. The summed E-state index contributed by atoms with van der Waals surface area (Å²) in [6, 6.07) is 0. The molecule has 0 bridgehead atoms. The summed E-state index contributed by atoms with van der Waals surface area (Å²) in [5.41, 5.74) is 0. The highest BCUT2D eigenvalue weighted by atomic mass is 16.4. The largest absolute Gasteiger partial charge is 0.481 e. The smallest absolute Gasteiger partial charge is 0.303 e. The summed E-state index contributed by atoms with van der Waals surface area (Å²) >= 11 is 0. The van der Waals surface area contributed by atoms with E-state index < -0.39 is 5.97 Å². The first-order valence-corrected chi connectivity index (χ1v) is 10.9. The van der Waals surface area contributed by atoms with E-state index in [0.29, 0.717) is 6.42 Å². The van der Waals surface area contributed by atoms with E-state index >= 15 is 0 Å². The quantitative estimate of drug-likeness (QED) is 0.244. The second kappa shape index (κ2) is 18.8. The second-order valence-electron chi connectivity index (χ2n) is 7.62. The van der Waals surface area contributed by atoms with Crippen LogP contribution in [0.25, 0.3) is 0 Å². The van der Waals surface area contributed by atoms with Gasteiger partial charge in [-0.05, 0) is 12.3 Å². The molecule has 1 N–H and O–H groups in total. The van der Waals surface area contributed by atoms with Gasteiger partial charge in [-0.3, -0.25) is 4.79 Å². The number of carboxylic acid groups (broad SMARTS) is 1. The molecule has 0 fully saturated rings. The lowest BCUT2D eigenvalue weighted by atomic mass is 9.89. The highest BCUT2D eigenvalue weighted by Gasteiger charge is 2.08. The molecule has 0 saturated heterocycles. The van der Waals surface area contributed by atoms with Crippen LogP contribution in [0.3, 0.4) is 0 Å². The first-order valence-electron chi connectivity index (χ1n) is 10.9. The van der Waals surface area contributed by atoms with Crippen molar-refractivity contribution >= 4 is 5.97 Å². The van der Waals surface area contributed by atoms with E-state index in [1.165, 1.54) is 96.3 Å². The third-order valence-electron chi connectivity index (χ3n) is 5.18. The molecule has 0 aromatic carbocycles. The number of hydrogen-bond acceptors (Lipinski definition) is 1. The molecule has 2 heteroatoms. The Hall–Kier alpha value is -0.530. The van der Waals surface area contributed by atoms with Crippen LogP contribution in [0.5, 0.6) is 0 Å². The van der Waals surface area contributed by atoms with E-state index in [-0.39, 0.29) is 0 Å². The molecule has 2 nitrogen and oxygen atoms in total. The fraction of sp³-hybridized carbons (Fsp3) is 0.955. The molecule has 0 heterocycles. The van der Waals surface area contributed by atoms with Gasteiger partial charge in [0.15, 0.2) is 0 Å². The molecule has 0 spiro atoms. The minimum atomic E-state index is -0.646. The SMILES string of the molecule is CCCCCCCCC(CCCCCC)CCCCCCC(=O)O. The number of carbonyl (C=O) groups is 1. The summed E-state index contributed by atoms with van der Waals surface area (Å²) in [5, 5.41) is 8.67. The summed E-state index contributed by atoms with van der Waals surface area (Å²) in [5.74, 6) is 0.277. The van der Waals surface area contributed by atoms with Crippen molar-refractivity contribution in [1.29, 1.82) is 0 Å². The molecule has 0 aliphatic carbocycles. The molecule has 0 radical (unpaired) electrons. The fourth-order valence-corrected chi connectivity index (χ4v) is 3.57. The first kappa shape index (κ1) is 23.5. The van der Waals surface area contributed by atoms with E-state index in [4.69, 9.17) is 5.11 Å². The minimum Gasteiger partial charge on any atom is -0.481 e. The van der Waals surface area contributed by atoms with Gasteiger partial charge in [-0.1, -0.05) is 117 Å². The fourth-order valence-electron chi connectivity index (χ4n) is 3.57. The van der Waals surface area contributed by atoms with Crippen LogP contribution in [-0.2, 0) is 4.79 Å². The molecule has 1 atom stereocenters. The van der Waals surface area contributed by atoms with E-state index in [1.807, 2.05) is 0 Å². The zero-order chi connectivity index (χ0) is 17.9. The van der Waals surface area contributed by atoms with Crippen molar-refractivity contribution in [3.8, 4) is 0 Å². The minimum absolute atomic E-state index is 0.345. The van der Waals surface area contributed by atoms with Gasteiger partial charge in [0, 0.05) is 6.42 Å². The lowest BCUT2D eigenvalue weighted by Crippen LogP contribution is -2.02. The molecule has 0 aliphatic rings. The third kappa shape index (κ3) is 17.8. The Labute approximate surface area is 151 Å². The number of rotatable bonds is 19. The van der Waals surface area contributed by atoms with Crippen LogP contribution < -0.4 is 0 Å². The molecule has 0 aromatic rings. The normalized spacial score (nSPS) is 12.4. The van der Waals surface area contributed by atoms with Crippen molar-refractivity contribution in [2.75, 3.05) is 0 Å². The molecule has 0 saturated carbocycles. The van der Waals surface area contributed by atoms with Crippen molar-refractivity contribution in [3.63, 3.8) is 0 Å². The maximum atomic E-state index is 10.5. The summed E-state index contributed by atoms with van der Waals surface area (Å²) in [7, 11) is 0. The average Bonchev–Trinajstić information content (AvgIpc) is 2.56. The van der Waals surface area contributed by atoms with Gasteiger partial charge >= 0.3 is 5.97 Å². The van der Waals surface area contributed by atoms with Gasteiger partial charge in [0.25, 0.3) is 0 Å². The number of aliphatic carboxylic acids is 1. The Balaban J connectivity index is 3.76. The van der Waals surface area contributed by atoms with Crippen LogP contribution in [0.1, 0.15) is 129 Å². The van der Waals surface area contributed by atoms with E-state index in [0.717, 1.165) is 18.8 Å². The Bertz CT molecular complexity index is 263. The maximum absolute atomic E-state index is 10.5. The van der Waals surface area contributed by atoms with Gasteiger partial charge in [-0.2, -0.15) is 0 Å². The summed E-state index contributed by atoms with van der Waals surface area (Å²) in [6.45, 7) is 4.56. The van der Waals surface area contributed by atoms with Crippen LogP contribution in [-0.4, -0.2) is 11.1 Å². The van der Waals surface area contributed by atoms with E-state index in [1.54, 1.807) is 0 Å². The van der Waals surface area contributed by atoms with Gasteiger partial charge in [-0.15, -0.1) is 0 Å². The highest BCUT2D eigenvalue weighted by Crippen LogP contribution is 2.24. The number of unbranched alkanes of at least 4 members (excludes halogenated alkanes) is 11. The Morgan fingerprint density at radius 3 is 1.46 bits per heavy atom. The lowest BCUT2D eigenvalue weighted by molar-refractivity contribution is -0.137. The number of carboxylic acids is 1. The Kier molecular flexibility index (Phi) is 18.4. The van der Waals surface area contributed by atoms with E-state index in [2.05, 4.69) is 13.8 Å². The molecular weight excluding hydrogens is 296 g/mol. The van der Waals surface area contributed by atoms with Gasteiger partial charge < -0.3 is 5.11 Å². The third-order valence-corrected chi connectivity index (χ3v) is 5.18. The lowest BCUT2D eigenvalue weighted by Gasteiger charge is -2.17. The van der Waals surface area contributed by atoms with Crippen LogP contribution in [0.15, 0.2) is 0 Å². The van der Waals surface area contributed by atoms with E-state index in [9.17, 15) is 4.79 Å². The Morgan fingerprint density at radius 1 is 0.625 bits per heavy atom. The zero-order valence-corrected chi connectivity index (χ0v) is 16.7. The van der Waals surface area contributed by atoms with Crippen LogP contribution in [0.4, 0.5) is 0 Å². The van der Waals surface area contributed by atoms with Crippen molar-refractivity contribution in [2.45, 2.75) is 129 Å². The molecular formula is C22H44O2. The summed E-state index contributed by atoms with van der Waals surface area (Å²) < 4.78 is 0. The average molecular weight is 341 g/mol. The zero-order valence-electron chi connectivity index (χ0n) is 16.7. The molecule has 144 valence electrons. The Morgan fingerprint density at radius 2 is 1.00 bits per heavy atom. The van der Waals surface area contributed by atoms with Crippen LogP contribution in [0.2, 0.25) is 0 Å². The van der Waals surface area contributed by atoms with Gasteiger partial charge in [-0.25, -0.2) is 0 Å². The first-order chi connectivity index (χ1) is 11.7. The van der Waals surface area contributed by atoms with Crippen molar-refractivity contribution in [2.24, 2.45) is 5.92 Å². The van der Waals surface area contributed by atoms with Crippen molar-refractivity contribution in [3.05, 3.63) is 0 Å². The predicted octanol–water partition coefficient (Wildman–Crippen LogP) is 7.75. The monoisotopic (exact) mass is 340 g/mol. The second-order valence-corrected chi connectivity index (χ2v) is 7.62. The maximum Gasteiger partial charge on any atom is 0.303 e. The highest BCUT2D eigenvalue weighted by molar-refractivity contribution is 5.66. The summed E-state index contributed by atoms with van der Waals surface area (Å²) in [4.78, 5) is 10.5. The van der Waals surface area contributed by atoms with Crippen LogP contribution in [0, 0.1) is 5.92 Å². The molecule has 24 heavy (non-hydrogen) atoms. The van der Waals surface area contributed by atoms with Gasteiger partial charge in [0.2, 0.25) is 0 Å². The number of hydrogen-bond donors (Lipinski definition) is 1. The molecule has 0 rings (SSSR count). The topological polar surface area (TPSA) is 37.3 Å². The van der Waals surface area contributed by atoms with Gasteiger partial charge in [0.1, 0.15) is 0 Å². The van der Waals surface area contributed by atoms with Crippen molar-refractivity contribution < 1.29 is 9.90 Å². The van der Waals surface area contributed by atoms with Crippen LogP contribution >= 0.6 is 0 Å². The van der Waals surface area contributed by atoms with Gasteiger partial charge in [0.05, 0.1) is 0 Å². The molecule has 0 aromatic heterocycles. The molecule has 1 unspecified atom stereocenters. The summed E-state index contributed by atoms with van der Waals surface area (Å²) in [6.07, 6.45) is 23.0. The molecule has 0 amide bonds.